The van der Waals surface area contributed by atoms with Gasteiger partial charge in [-0.25, -0.2) is 4.90 Å². The van der Waals surface area contributed by atoms with E-state index in [-0.39, 0.29) is 17.2 Å². The van der Waals surface area contributed by atoms with Gasteiger partial charge in [-0.3, -0.25) is 9.59 Å². The molecule has 0 bridgehead atoms. The number of nitrogens with zero attached hydrogens (tertiary/aromatic N) is 2. The van der Waals surface area contributed by atoms with Crippen LogP contribution in [0.4, 0.5) is 5.69 Å². The molecule has 2 aliphatic heterocycles. The molecule has 2 amide bonds. The average Bonchev–Trinajstić information content (AvgIpc) is 2.99. The molecule has 4 nitrogen and oxygen atoms in total. The predicted molar refractivity (Wildman–Crippen MR) is 116 cm³/mol. The Morgan fingerprint density at radius 2 is 1.38 bits per heavy atom. The third-order valence-electron chi connectivity index (χ3n) is 5.79. The Kier molecular flexibility index (Phi) is 5.03. The highest BCUT2D eigenvalue weighted by Gasteiger charge is 2.42. The van der Waals surface area contributed by atoms with E-state index in [0.717, 1.165) is 31.5 Å². The molecule has 1 saturated heterocycles. The predicted octanol–water partition coefficient (Wildman–Crippen LogP) is 4.75. The van der Waals surface area contributed by atoms with Crippen LogP contribution in [0, 0.1) is 0 Å². The van der Waals surface area contributed by atoms with E-state index in [1.54, 1.807) is 0 Å². The molecule has 0 atom stereocenters. The summed E-state index contributed by atoms with van der Waals surface area (Å²) in [6.07, 6.45) is 3.27. The number of piperidine rings is 1. The van der Waals surface area contributed by atoms with Crippen molar-refractivity contribution >= 4 is 23.1 Å². The highest BCUT2D eigenvalue weighted by molar-refractivity contribution is 6.45. The van der Waals surface area contributed by atoms with Crippen LogP contribution in [0.5, 0.6) is 0 Å². The second-order valence-electron chi connectivity index (χ2n) is 8.88. The molecule has 1 fully saturated rings. The molecule has 0 N–H and O–H groups in total. The van der Waals surface area contributed by atoms with Gasteiger partial charge in [0.05, 0.1) is 11.3 Å². The van der Waals surface area contributed by atoms with Gasteiger partial charge in [-0.2, -0.15) is 0 Å². The van der Waals surface area contributed by atoms with Crippen LogP contribution < -0.4 is 4.90 Å². The van der Waals surface area contributed by atoms with Gasteiger partial charge in [0.2, 0.25) is 0 Å². The summed E-state index contributed by atoms with van der Waals surface area (Å²) in [5.41, 5.74) is 3.71. The maximum Gasteiger partial charge on any atom is 0.282 e. The molecule has 0 saturated carbocycles. The average molecular weight is 389 g/mol. The number of carbonyl (C=O) groups is 2. The number of amides is 2. The summed E-state index contributed by atoms with van der Waals surface area (Å²) in [6, 6.07) is 17.4. The molecule has 150 valence electrons. The topological polar surface area (TPSA) is 40.6 Å². The molecule has 2 heterocycles. The minimum atomic E-state index is -0.231. The molecule has 4 heteroatoms. The maximum absolute atomic E-state index is 13.5. The van der Waals surface area contributed by atoms with Crippen LogP contribution in [0.3, 0.4) is 0 Å². The summed E-state index contributed by atoms with van der Waals surface area (Å²) in [5, 5.41) is 0. The molecular formula is C25H28N2O2. The van der Waals surface area contributed by atoms with E-state index in [1.165, 1.54) is 16.9 Å². The lowest BCUT2D eigenvalue weighted by Gasteiger charge is -2.29. The number of hydrogen-bond donors (Lipinski definition) is 0. The van der Waals surface area contributed by atoms with Gasteiger partial charge in [0.25, 0.3) is 11.8 Å². The van der Waals surface area contributed by atoms with Crippen molar-refractivity contribution in [3.63, 3.8) is 0 Å². The lowest BCUT2D eigenvalue weighted by molar-refractivity contribution is -0.120. The smallest absolute Gasteiger partial charge is 0.282 e. The molecule has 0 spiro atoms. The van der Waals surface area contributed by atoms with Gasteiger partial charge in [-0.05, 0) is 47.9 Å². The Labute approximate surface area is 172 Å². The second-order valence-corrected chi connectivity index (χ2v) is 8.88. The van der Waals surface area contributed by atoms with Crippen LogP contribution in [0.1, 0.15) is 51.2 Å². The van der Waals surface area contributed by atoms with Gasteiger partial charge >= 0.3 is 0 Å². The van der Waals surface area contributed by atoms with E-state index < -0.39 is 0 Å². The first-order chi connectivity index (χ1) is 13.9. The number of hydrogen-bond acceptors (Lipinski definition) is 3. The van der Waals surface area contributed by atoms with Gasteiger partial charge < -0.3 is 4.90 Å². The molecule has 29 heavy (non-hydrogen) atoms. The van der Waals surface area contributed by atoms with Gasteiger partial charge in [0.15, 0.2) is 0 Å². The minimum Gasteiger partial charge on any atom is -0.366 e. The van der Waals surface area contributed by atoms with Crippen LogP contribution in [-0.2, 0) is 15.0 Å². The van der Waals surface area contributed by atoms with Gasteiger partial charge in [-0.15, -0.1) is 0 Å². The Hall–Kier alpha value is -2.88. The summed E-state index contributed by atoms with van der Waals surface area (Å²) in [4.78, 5) is 30.4. The SMILES string of the molecule is CC(C)(C)c1ccc(N2C(=O)C(c3ccccc3)=C(N3CCCCC3)C2=O)cc1. The van der Waals surface area contributed by atoms with Crippen LogP contribution >= 0.6 is 0 Å². The standard InChI is InChI=1S/C25H28N2O2/c1-25(2,3)19-12-14-20(15-13-19)27-23(28)21(18-10-6-4-7-11-18)22(24(27)29)26-16-8-5-9-17-26/h4,6-7,10-15H,5,8-9,16-17H2,1-3H3. The number of benzene rings is 2. The first-order valence-corrected chi connectivity index (χ1v) is 10.4. The zero-order chi connectivity index (χ0) is 20.6. The van der Waals surface area contributed by atoms with Crippen molar-refractivity contribution in [2.75, 3.05) is 18.0 Å². The summed E-state index contributed by atoms with van der Waals surface area (Å²) >= 11 is 0. The summed E-state index contributed by atoms with van der Waals surface area (Å²) in [5.74, 6) is -0.440. The first kappa shape index (κ1) is 19.4. The molecule has 0 aliphatic carbocycles. The van der Waals surface area contributed by atoms with Crippen molar-refractivity contribution in [3.8, 4) is 0 Å². The lowest BCUT2D eigenvalue weighted by atomic mass is 9.87. The lowest BCUT2D eigenvalue weighted by Crippen LogP contribution is -2.37. The Morgan fingerprint density at radius 3 is 1.97 bits per heavy atom. The van der Waals surface area contributed by atoms with Crippen LogP contribution in [0.15, 0.2) is 60.3 Å². The fourth-order valence-electron chi connectivity index (χ4n) is 4.14. The Morgan fingerprint density at radius 1 is 0.759 bits per heavy atom. The normalized spacial score (nSPS) is 18.0. The van der Waals surface area contributed by atoms with E-state index in [4.69, 9.17) is 0 Å². The number of imide groups is 1. The zero-order valence-electron chi connectivity index (χ0n) is 17.4. The first-order valence-electron chi connectivity index (χ1n) is 10.4. The molecule has 2 aliphatic rings. The molecule has 0 radical (unpaired) electrons. The van der Waals surface area contributed by atoms with E-state index >= 15 is 0 Å². The zero-order valence-corrected chi connectivity index (χ0v) is 17.4. The fourth-order valence-corrected chi connectivity index (χ4v) is 4.14. The Balaban J connectivity index is 1.76. The van der Waals surface area contributed by atoms with Crippen molar-refractivity contribution in [1.82, 2.24) is 4.90 Å². The van der Waals surface area contributed by atoms with Gasteiger partial charge in [-0.1, -0.05) is 63.2 Å². The Bertz CT molecular complexity index is 947. The number of likely N-dealkylation sites (tertiary alicyclic amines) is 1. The van der Waals surface area contributed by atoms with Gasteiger partial charge in [0, 0.05) is 13.1 Å². The van der Waals surface area contributed by atoms with Crippen molar-refractivity contribution in [1.29, 1.82) is 0 Å². The van der Waals surface area contributed by atoms with Crippen molar-refractivity contribution in [3.05, 3.63) is 71.4 Å². The van der Waals surface area contributed by atoms with Crippen LogP contribution in [0.25, 0.3) is 5.57 Å². The monoisotopic (exact) mass is 388 g/mol. The van der Waals surface area contributed by atoms with E-state index in [9.17, 15) is 9.59 Å². The number of rotatable bonds is 3. The highest BCUT2D eigenvalue weighted by atomic mass is 16.2. The van der Waals surface area contributed by atoms with E-state index in [0.29, 0.717) is 17.0 Å². The van der Waals surface area contributed by atoms with E-state index in [1.807, 2.05) is 54.6 Å². The third kappa shape index (κ3) is 3.59. The molecule has 2 aromatic carbocycles. The summed E-state index contributed by atoms with van der Waals surface area (Å²) in [7, 11) is 0. The third-order valence-corrected chi connectivity index (χ3v) is 5.79. The quantitative estimate of drug-likeness (QED) is 0.712. The van der Waals surface area contributed by atoms with E-state index in [2.05, 4.69) is 25.7 Å². The molecule has 2 aromatic rings. The van der Waals surface area contributed by atoms with Crippen LogP contribution in [0.2, 0.25) is 0 Å². The minimum absolute atomic E-state index is 0.0178. The van der Waals surface area contributed by atoms with Crippen molar-refractivity contribution in [2.24, 2.45) is 0 Å². The summed E-state index contributed by atoms with van der Waals surface area (Å²) < 4.78 is 0. The van der Waals surface area contributed by atoms with Crippen molar-refractivity contribution in [2.45, 2.75) is 45.4 Å². The number of anilines is 1. The fraction of sp³-hybridized carbons (Fsp3) is 0.360. The summed E-state index contributed by atoms with van der Waals surface area (Å²) in [6.45, 7) is 8.09. The maximum atomic E-state index is 13.5. The largest absolute Gasteiger partial charge is 0.366 e. The van der Waals surface area contributed by atoms with Crippen molar-refractivity contribution < 1.29 is 9.59 Å². The highest BCUT2D eigenvalue weighted by Crippen LogP contribution is 2.36. The second kappa shape index (κ2) is 7.51. The molecule has 0 aromatic heterocycles. The molecule has 0 unspecified atom stereocenters. The molecule has 4 rings (SSSR count). The number of carbonyl (C=O) groups excluding carboxylic acids is 2. The van der Waals surface area contributed by atoms with Crippen LogP contribution in [-0.4, -0.2) is 29.8 Å². The van der Waals surface area contributed by atoms with Gasteiger partial charge in [0.1, 0.15) is 5.70 Å². The molecular weight excluding hydrogens is 360 g/mol.